The van der Waals surface area contributed by atoms with E-state index in [1.165, 1.54) is 12.8 Å². The Kier molecular flexibility index (Phi) is 4.29. The maximum Gasteiger partial charge on any atom is 0.152 e. The first kappa shape index (κ1) is 13.8. The van der Waals surface area contributed by atoms with Gasteiger partial charge < -0.3 is 10.4 Å². The topological polar surface area (TPSA) is 32.3 Å². The van der Waals surface area contributed by atoms with Gasteiger partial charge in [0.15, 0.2) is 5.75 Å². The van der Waals surface area contributed by atoms with Crippen LogP contribution in [0, 0.1) is 11.8 Å². The Balaban J connectivity index is 2.13. The van der Waals surface area contributed by atoms with Crippen LogP contribution in [0.5, 0.6) is 5.75 Å². The smallest absolute Gasteiger partial charge is 0.152 e. The number of anilines is 1. The number of aromatic hydroxyl groups is 1. The molecule has 0 aliphatic heterocycles. The van der Waals surface area contributed by atoms with Gasteiger partial charge in [0, 0.05) is 11.7 Å². The minimum Gasteiger partial charge on any atom is -0.505 e. The summed E-state index contributed by atoms with van der Waals surface area (Å²) >= 11 is 11.9. The van der Waals surface area contributed by atoms with E-state index >= 15 is 0 Å². The zero-order valence-corrected chi connectivity index (χ0v) is 12.2. The van der Waals surface area contributed by atoms with Gasteiger partial charge in [0.1, 0.15) is 0 Å². The summed E-state index contributed by atoms with van der Waals surface area (Å²) in [5.74, 6) is 1.35. The summed E-state index contributed by atoms with van der Waals surface area (Å²) in [6.45, 7) is 4.56. The van der Waals surface area contributed by atoms with Crippen LogP contribution in [0.4, 0.5) is 5.69 Å². The average molecular weight is 288 g/mol. The highest BCUT2D eigenvalue weighted by atomic mass is 35.5. The first-order valence-electron chi connectivity index (χ1n) is 6.42. The molecule has 0 saturated heterocycles. The van der Waals surface area contributed by atoms with Gasteiger partial charge in [-0.2, -0.15) is 0 Å². The summed E-state index contributed by atoms with van der Waals surface area (Å²) < 4.78 is 0. The highest BCUT2D eigenvalue weighted by molar-refractivity contribution is 6.37. The molecule has 1 aromatic rings. The summed E-state index contributed by atoms with van der Waals surface area (Å²) in [5.41, 5.74) is 0.883. The molecular weight excluding hydrogens is 269 g/mol. The number of hydrogen-bond donors (Lipinski definition) is 2. The van der Waals surface area contributed by atoms with E-state index in [0.29, 0.717) is 22.0 Å². The lowest BCUT2D eigenvalue weighted by Crippen LogP contribution is -2.33. The highest BCUT2D eigenvalue weighted by Crippen LogP contribution is 2.36. The maximum atomic E-state index is 9.54. The van der Waals surface area contributed by atoms with E-state index in [0.717, 1.165) is 18.0 Å². The van der Waals surface area contributed by atoms with Gasteiger partial charge in [-0.3, -0.25) is 0 Å². The van der Waals surface area contributed by atoms with E-state index in [1.54, 1.807) is 12.1 Å². The van der Waals surface area contributed by atoms with Crippen molar-refractivity contribution in [3.63, 3.8) is 0 Å². The molecule has 2 rings (SSSR count). The highest BCUT2D eigenvalue weighted by Gasteiger charge is 2.25. The predicted molar refractivity (Wildman–Crippen MR) is 77.7 cm³/mol. The first-order valence-corrected chi connectivity index (χ1v) is 7.17. The van der Waals surface area contributed by atoms with Crippen LogP contribution in [0.2, 0.25) is 10.0 Å². The van der Waals surface area contributed by atoms with Crippen LogP contribution < -0.4 is 5.32 Å². The molecule has 4 heteroatoms. The zero-order chi connectivity index (χ0) is 13.3. The monoisotopic (exact) mass is 287 g/mol. The Morgan fingerprint density at radius 3 is 2.39 bits per heavy atom. The largest absolute Gasteiger partial charge is 0.505 e. The van der Waals surface area contributed by atoms with E-state index in [2.05, 4.69) is 19.2 Å². The van der Waals surface area contributed by atoms with Gasteiger partial charge in [-0.15, -0.1) is 0 Å². The molecule has 100 valence electrons. The normalized spacial score (nSPS) is 28.1. The third kappa shape index (κ3) is 3.04. The van der Waals surface area contributed by atoms with E-state index in [1.807, 2.05) is 0 Å². The van der Waals surface area contributed by atoms with E-state index in [4.69, 9.17) is 23.2 Å². The van der Waals surface area contributed by atoms with Crippen molar-refractivity contribution in [1.29, 1.82) is 0 Å². The Bertz CT molecular complexity index is 413. The summed E-state index contributed by atoms with van der Waals surface area (Å²) in [6, 6.07) is 3.91. The second-order valence-electron chi connectivity index (χ2n) is 5.43. The first-order chi connectivity index (χ1) is 8.47. The van der Waals surface area contributed by atoms with Crippen LogP contribution in [0.3, 0.4) is 0 Å². The molecule has 18 heavy (non-hydrogen) atoms. The van der Waals surface area contributed by atoms with Gasteiger partial charge in [-0.05, 0) is 36.8 Å². The van der Waals surface area contributed by atoms with Crippen LogP contribution in [-0.4, -0.2) is 11.1 Å². The van der Waals surface area contributed by atoms with E-state index in [9.17, 15) is 5.11 Å². The molecule has 0 amide bonds. The van der Waals surface area contributed by atoms with Crippen molar-refractivity contribution < 1.29 is 5.11 Å². The molecule has 0 spiro atoms. The van der Waals surface area contributed by atoms with Crippen LogP contribution in [0.15, 0.2) is 12.1 Å². The maximum absolute atomic E-state index is 9.54. The second-order valence-corrected chi connectivity index (χ2v) is 6.25. The quantitative estimate of drug-likeness (QED) is 0.756. The zero-order valence-electron chi connectivity index (χ0n) is 10.7. The molecule has 1 fully saturated rings. The summed E-state index contributed by atoms with van der Waals surface area (Å²) in [4.78, 5) is 0. The summed E-state index contributed by atoms with van der Waals surface area (Å²) in [5, 5.41) is 13.6. The Labute approximate surface area is 118 Å². The SMILES string of the molecule is CC1CCC(C)C(Nc2cc(Cl)c(O)c(Cl)c2)C1. The van der Waals surface area contributed by atoms with Gasteiger partial charge in [0.2, 0.25) is 0 Å². The predicted octanol–water partition coefficient (Wildman–Crippen LogP) is 4.94. The lowest BCUT2D eigenvalue weighted by atomic mass is 9.80. The minimum absolute atomic E-state index is 0.0473. The van der Waals surface area contributed by atoms with Crippen molar-refractivity contribution in [1.82, 2.24) is 0 Å². The van der Waals surface area contributed by atoms with E-state index in [-0.39, 0.29) is 5.75 Å². The molecule has 2 N–H and O–H groups in total. The standard InChI is InChI=1S/C14H19Cl2NO/c1-8-3-4-9(2)13(5-8)17-10-6-11(15)14(18)12(16)7-10/h6-9,13,17-18H,3-5H2,1-2H3. The molecule has 3 unspecified atom stereocenters. The van der Waals surface area contributed by atoms with Crippen molar-refractivity contribution in [3.8, 4) is 5.75 Å². The van der Waals surface area contributed by atoms with Crippen LogP contribution in [0.1, 0.15) is 33.1 Å². The number of phenolic OH excluding ortho intramolecular Hbond substituents is 1. The van der Waals surface area contributed by atoms with E-state index < -0.39 is 0 Å². The van der Waals surface area contributed by atoms with Gasteiger partial charge >= 0.3 is 0 Å². The van der Waals surface area contributed by atoms with Gasteiger partial charge in [-0.25, -0.2) is 0 Å². The van der Waals surface area contributed by atoms with Gasteiger partial charge in [-0.1, -0.05) is 43.5 Å². The molecule has 0 heterocycles. The number of phenols is 1. The molecule has 3 atom stereocenters. The molecule has 1 aliphatic rings. The van der Waals surface area contributed by atoms with Crippen LogP contribution >= 0.6 is 23.2 Å². The molecule has 1 aromatic carbocycles. The Morgan fingerprint density at radius 2 is 1.78 bits per heavy atom. The van der Waals surface area contributed by atoms with Gasteiger partial charge in [0.05, 0.1) is 10.0 Å². The fourth-order valence-electron chi connectivity index (χ4n) is 2.60. The number of halogens is 2. The van der Waals surface area contributed by atoms with Crippen molar-refractivity contribution >= 4 is 28.9 Å². The summed E-state index contributed by atoms with van der Waals surface area (Å²) in [7, 11) is 0. The second kappa shape index (κ2) is 5.58. The Morgan fingerprint density at radius 1 is 1.17 bits per heavy atom. The van der Waals surface area contributed by atoms with Gasteiger partial charge in [0.25, 0.3) is 0 Å². The average Bonchev–Trinajstić information content (AvgIpc) is 2.31. The van der Waals surface area contributed by atoms with Crippen molar-refractivity contribution in [2.45, 2.75) is 39.2 Å². The minimum atomic E-state index is -0.0473. The van der Waals surface area contributed by atoms with Crippen LogP contribution in [0.25, 0.3) is 0 Å². The molecule has 1 saturated carbocycles. The number of rotatable bonds is 2. The van der Waals surface area contributed by atoms with Crippen LogP contribution in [-0.2, 0) is 0 Å². The molecule has 1 aliphatic carbocycles. The van der Waals surface area contributed by atoms with Crippen molar-refractivity contribution in [2.75, 3.05) is 5.32 Å². The third-order valence-electron chi connectivity index (χ3n) is 3.83. The lowest BCUT2D eigenvalue weighted by molar-refractivity contribution is 0.280. The van der Waals surface area contributed by atoms with Crippen molar-refractivity contribution in [3.05, 3.63) is 22.2 Å². The third-order valence-corrected chi connectivity index (χ3v) is 4.40. The Hall–Kier alpha value is -0.600. The molecular formula is C14H19Cl2NO. The fourth-order valence-corrected chi connectivity index (χ4v) is 3.08. The number of hydrogen-bond acceptors (Lipinski definition) is 2. The fraction of sp³-hybridized carbons (Fsp3) is 0.571. The number of benzene rings is 1. The molecule has 0 aromatic heterocycles. The number of nitrogens with one attached hydrogen (secondary N) is 1. The summed E-state index contributed by atoms with van der Waals surface area (Å²) in [6.07, 6.45) is 3.71. The molecule has 2 nitrogen and oxygen atoms in total. The molecule has 0 bridgehead atoms. The molecule has 0 radical (unpaired) electrons. The lowest BCUT2D eigenvalue weighted by Gasteiger charge is -2.34. The van der Waals surface area contributed by atoms with Crippen molar-refractivity contribution in [2.24, 2.45) is 11.8 Å².